The van der Waals surface area contributed by atoms with Gasteiger partial charge in [0, 0.05) is 37.7 Å². The second-order valence-corrected chi connectivity index (χ2v) is 17.4. The van der Waals surface area contributed by atoms with Crippen LogP contribution in [0.1, 0.15) is 21.6 Å². The molecule has 0 spiro atoms. The number of hydrogen-bond donors (Lipinski definition) is 1. The van der Waals surface area contributed by atoms with Gasteiger partial charge in [-0.1, -0.05) is 43.1 Å². The molecule has 0 amide bonds. The normalized spacial score (nSPS) is 14.1. The Morgan fingerprint density at radius 1 is 1.25 bits per heavy atom. The second-order valence-electron chi connectivity index (χ2n) is 9.91. The van der Waals surface area contributed by atoms with Gasteiger partial charge in [0.15, 0.2) is 27.3 Å². The largest absolute Gasteiger partial charge is 0.476 e. The molecule has 0 atom stereocenters. The second kappa shape index (κ2) is 9.85. The van der Waals surface area contributed by atoms with Crippen molar-refractivity contribution in [2.75, 3.05) is 18.1 Å². The molecule has 0 radical (unpaired) electrons. The van der Waals surface area contributed by atoms with Crippen molar-refractivity contribution in [3.05, 3.63) is 51.3 Å². The highest BCUT2D eigenvalue weighted by atomic mass is 32.1. The zero-order valence-corrected chi connectivity index (χ0v) is 23.3. The number of thiazole rings is 2. The molecule has 0 fully saturated rings. The molecule has 4 aromatic rings. The van der Waals surface area contributed by atoms with E-state index in [0.717, 1.165) is 51.0 Å². The van der Waals surface area contributed by atoms with Crippen LogP contribution in [0.4, 0.5) is 16.8 Å². The minimum Gasteiger partial charge on any atom is -0.476 e. The Hall–Kier alpha value is -2.93. The zero-order chi connectivity index (χ0) is 25.4. The minimum atomic E-state index is -1.17. The molecule has 0 saturated heterocycles. The van der Waals surface area contributed by atoms with E-state index in [9.17, 15) is 9.90 Å². The SMILES string of the molecule is Cc1c(/N=c2\sc3ccccc3n2COCC[Si](C)(C)C)nnc2c1CCN2c1nc(C(=O)O)cs1. The topological polar surface area (TPSA) is 106 Å². The molecule has 12 heteroatoms. The summed E-state index contributed by atoms with van der Waals surface area (Å²) in [7, 11) is -1.17. The number of ether oxygens (including phenoxy) is 1. The van der Waals surface area contributed by atoms with Crippen LogP contribution < -0.4 is 9.70 Å². The highest BCUT2D eigenvalue weighted by Gasteiger charge is 2.28. The highest BCUT2D eigenvalue weighted by Crippen LogP contribution is 2.37. The lowest BCUT2D eigenvalue weighted by atomic mass is 10.1. The minimum absolute atomic E-state index is 0.0427. The number of anilines is 2. The van der Waals surface area contributed by atoms with Crippen LogP contribution in [0, 0.1) is 6.92 Å². The third-order valence-electron chi connectivity index (χ3n) is 6.09. The molecular weight excluding hydrogens is 513 g/mol. The Balaban J connectivity index is 1.47. The Labute approximate surface area is 217 Å². The molecule has 1 aliphatic heterocycles. The molecule has 3 aromatic heterocycles. The van der Waals surface area contributed by atoms with Crippen LogP contribution in [-0.2, 0) is 17.9 Å². The van der Waals surface area contributed by atoms with E-state index in [1.165, 1.54) is 11.3 Å². The van der Waals surface area contributed by atoms with Crippen LogP contribution in [0.2, 0.25) is 25.7 Å². The Morgan fingerprint density at radius 3 is 2.81 bits per heavy atom. The quantitative estimate of drug-likeness (QED) is 0.242. The van der Waals surface area contributed by atoms with Crippen molar-refractivity contribution in [2.24, 2.45) is 4.99 Å². The van der Waals surface area contributed by atoms with Crippen LogP contribution in [-0.4, -0.2) is 52.0 Å². The molecule has 1 N–H and O–H groups in total. The summed E-state index contributed by atoms with van der Waals surface area (Å²) >= 11 is 2.91. The van der Waals surface area contributed by atoms with Gasteiger partial charge < -0.3 is 14.7 Å². The van der Waals surface area contributed by atoms with Crippen molar-refractivity contribution >= 4 is 63.7 Å². The first-order valence-corrected chi connectivity index (χ1v) is 17.1. The molecule has 0 unspecified atom stereocenters. The molecular formula is C24H28N6O3S2Si. The summed E-state index contributed by atoms with van der Waals surface area (Å²) in [5.41, 5.74) is 3.17. The Kier molecular flexibility index (Phi) is 6.77. The first-order chi connectivity index (χ1) is 17.2. The third kappa shape index (κ3) is 4.98. The maximum Gasteiger partial charge on any atom is 0.355 e. The predicted molar refractivity (Wildman–Crippen MR) is 146 cm³/mol. The van der Waals surface area contributed by atoms with E-state index in [-0.39, 0.29) is 5.69 Å². The number of para-hydroxylation sites is 1. The van der Waals surface area contributed by atoms with E-state index in [1.54, 1.807) is 16.7 Å². The van der Waals surface area contributed by atoms with E-state index < -0.39 is 14.0 Å². The molecule has 5 rings (SSSR count). The van der Waals surface area contributed by atoms with Gasteiger partial charge in [-0.25, -0.2) is 9.78 Å². The number of carboxylic acid groups (broad SMARTS) is 1. The van der Waals surface area contributed by atoms with E-state index >= 15 is 0 Å². The summed E-state index contributed by atoms with van der Waals surface area (Å²) in [5.74, 6) is 0.273. The number of aromatic carboxylic acids is 1. The van der Waals surface area contributed by atoms with Gasteiger partial charge in [0.1, 0.15) is 6.73 Å². The van der Waals surface area contributed by atoms with Crippen LogP contribution >= 0.6 is 22.7 Å². The van der Waals surface area contributed by atoms with Crippen LogP contribution in [0.25, 0.3) is 10.2 Å². The maximum atomic E-state index is 11.2. The summed E-state index contributed by atoms with van der Waals surface area (Å²) in [6.45, 7) is 10.9. The van der Waals surface area contributed by atoms with E-state index in [1.807, 2.05) is 24.0 Å². The fourth-order valence-corrected chi connectivity index (χ4v) is 6.62. The number of fused-ring (bicyclic) bond motifs is 2. The Bertz CT molecular complexity index is 1500. The van der Waals surface area contributed by atoms with Gasteiger partial charge in [-0.2, -0.15) is 4.99 Å². The van der Waals surface area contributed by atoms with Gasteiger partial charge in [-0.15, -0.1) is 21.5 Å². The average Bonchev–Trinajstić information content (AvgIpc) is 3.55. The van der Waals surface area contributed by atoms with Crippen LogP contribution in [0.15, 0.2) is 34.6 Å². The molecule has 9 nitrogen and oxygen atoms in total. The first-order valence-electron chi connectivity index (χ1n) is 11.7. The molecule has 4 heterocycles. The van der Waals surface area contributed by atoms with Gasteiger partial charge in [0.05, 0.1) is 10.2 Å². The lowest BCUT2D eigenvalue weighted by Gasteiger charge is -2.15. The summed E-state index contributed by atoms with van der Waals surface area (Å²) in [6.07, 6.45) is 0.771. The standard InChI is InChI=1S/C24H28N6O3S2Si/c1-15-16-9-10-29(23-25-17(13-34-23)22(31)32)21(16)28-27-20(15)26-24-30(14-33-11-12-36(2,3)4)18-7-5-6-8-19(18)35-24/h5-8,13H,9-12,14H2,1-4H3,(H,31,32)/b26-24-. The van der Waals surface area contributed by atoms with Crippen LogP contribution in [0.5, 0.6) is 0 Å². The fourth-order valence-electron chi connectivity index (χ4n) is 4.01. The summed E-state index contributed by atoms with van der Waals surface area (Å²) in [6, 6.07) is 9.35. The molecule has 0 bridgehead atoms. The molecule has 1 aliphatic rings. The van der Waals surface area contributed by atoms with Crippen molar-refractivity contribution in [1.82, 2.24) is 19.7 Å². The van der Waals surface area contributed by atoms with Crippen molar-refractivity contribution in [1.29, 1.82) is 0 Å². The van der Waals surface area contributed by atoms with Gasteiger partial charge >= 0.3 is 5.97 Å². The zero-order valence-electron chi connectivity index (χ0n) is 20.7. The van der Waals surface area contributed by atoms with E-state index in [2.05, 4.69) is 51.5 Å². The molecule has 0 saturated carbocycles. The Morgan fingerprint density at radius 2 is 2.06 bits per heavy atom. The smallest absolute Gasteiger partial charge is 0.355 e. The fraction of sp³-hybridized carbons (Fsp3) is 0.375. The van der Waals surface area contributed by atoms with Gasteiger partial charge in [0.2, 0.25) is 0 Å². The number of nitrogens with zero attached hydrogens (tertiary/aromatic N) is 6. The lowest BCUT2D eigenvalue weighted by Crippen LogP contribution is -2.23. The van der Waals surface area contributed by atoms with Gasteiger partial charge in [-0.3, -0.25) is 4.57 Å². The average molecular weight is 541 g/mol. The first kappa shape index (κ1) is 24.7. The number of aromatic nitrogens is 4. The molecule has 1 aromatic carbocycles. The number of benzene rings is 1. The van der Waals surface area contributed by atoms with Gasteiger partial charge in [0.25, 0.3) is 0 Å². The number of rotatable bonds is 8. The van der Waals surface area contributed by atoms with E-state index in [4.69, 9.17) is 9.73 Å². The summed E-state index contributed by atoms with van der Waals surface area (Å²) < 4.78 is 9.33. The molecule has 36 heavy (non-hydrogen) atoms. The molecule has 188 valence electrons. The predicted octanol–water partition coefficient (Wildman–Crippen LogP) is 5.19. The molecule has 0 aliphatic carbocycles. The monoisotopic (exact) mass is 540 g/mol. The van der Waals surface area contributed by atoms with Crippen molar-refractivity contribution < 1.29 is 14.6 Å². The van der Waals surface area contributed by atoms with Crippen LogP contribution in [0.3, 0.4) is 0 Å². The number of carboxylic acids is 1. The van der Waals surface area contributed by atoms with Crippen molar-refractivity contribution in [3.63, 3.8) is 0 Å². The highest BCUT2D eigenvalue weighted by molar-refractivity contribution is 7.16. The van der Waals surface area contributed by atoms with Crippen molar-refractivity contribution in [3.8, 4) is 0 Å². The maximum absolute atomic E-state index is 11.2. The third-order valence-corrected chi connectivity index (χ3v) is 9.71. The number of carbonyl (C=O) groups is 1. The summed E-state index contributed by atoms with van der Waals surface area (Å²) in [4.78, 5) is 23.2. The van der Waals surface area contributed by atoms with E-state index in [0.29, 0.717) is 24.2 Å². The summed E-state index contributed by atoms with van der Waals surface area (Å²) in [5, 5.41) is 20.3. The van der Waals surface area contributed by atoms with Gasteiger partial charge in [-0.05, 0) is 31.5 Å². The number of hydrogen-bond acceptors (Lipinski definition) is 9. The lowest BCUT2D eigenvalue weighted by molar-refractivity contribution is 0.0691. The van der Waals surface area contributed by atoms with Crippen molar-refractivity contribution in [2.45, 2.75) is 45.8 Å².